The number of likely N-dealkylation sites (tertiary alicyclic amines) is 1. The number of rotatable bonds is 9. The van der Waals surface area contributed by atoms with Crippen molar-refractivity contribution in [3.05, 3.63) is 100 Å². The Bertz CT molecular complexity index is 975. The van der Waals surface area contributed by atoms with Crippen LogP contribution < -0.4 is 4.74 Å². The number of nitrogens with zero attached hydrogens (tertiary/aromatic N) is 1. The monoisotopic (exact) mass is 493 g/mol. The van der Waals surface area contributed by atoms with E-state index in [1.54, 1.807) is 7.11 Å². The van der Waals surface area contributed by atoms with Crippen LogP contribution in [0.25, 0.3) is 0 Å². The highest BCUT2D eigenvalue weighted by Crippen LogP contribution is 2.34. The summed E-state index contributed by atoms with van der Waals surface area (Å²) in [5, 5.41) is 0. The lowest BCUT2D eigenvalue weighted by Crippen LogP contribution is -2.46. The molecular formula is C28H32BrNO2. The van der Waals surface area contributed by atoms with Gasteiger partial charge in [0.2, 0.25) is 0 Å². The molecule has 0 radical (unpaired) electrons. The molecule has 0 spiro atoms. The SMILES string of the molecule is COc1ccc(CCN2CCC[C@@]2(C)COC(c2ccccc2)c2ccc(Br)cc2)cc1. The predicted molar refractivity (Wildman–Crippen MR) is 134 cm³/mol. The summed E-state index contributed by atoms with van der Waals surface area (Å²) in [5.74, 6) is 0.910. The van der Waals surface area contributed by atoms with Gasteiger partial charge in [-0.15, -0.1) is 0 Å². The molecule has 2 atom stereocenters. The normalized spacial score (nSPS) is 19.7. The summed E-state index contributed by atoms with van der Waals surface area (Å²) in [6.45, 7) is 5.24. The first-order valence-corrected chi connectivity index (χ1v) is 12.2. The highest BCUT2D eigenvalue weighted by molar-refractivity contribution is 9.10. The quantitative estimate of drug-likeness (QED) is 0.332. The van der Waals surface area contributed by atoms with E-state index in [0.717, 1.165) is 36.2 Å². The van der Waals surface area contributed by atoms with Gasteiger partial charge in [-0.2, -0.15) is 0 Å². The van der Waals surface area contributed by atoms with Crippen molar-refractivity contribution in [1.29, 1.82) is 0 Å². The van der Waals surface area contributed by atoms with Crippen LogP contribution in [-0.4, -0.2) is 37.2 Å². The van der Waals surface area contributed by atoms with Crippen LogP contribution in [0.3, 0.4) is 0 Å². The van der Waals surface area contributed by atoms with Gasteiger partial charge in [-0.25, -0.2) is 0 Å². The Hall–Kier alpha value is -2.14. The number of hydrogen-bond acceptors (Lipinski definition) is 3. The summed E-state index contributed by atoms with van der Waals surface area (Å²) >= 11 is 3.55. The largest absolute Gasteiger partial charge is 0.497 e. The van der Waals surface area contributed by atoms with Crippen LogP contribution in [0.5, 0.6) is 5.75 Å². The Kier molecular flexibility index (Phi) is 7.67. The van der Waals surface area contributed by atoms with Gasteiger partial charge in [-0.05, 0) is 73.7 Å². The Balaban J connectivity index is 1.44. The fourth-order valence-corrected chi connectivity index (χ4v) is 4.86. The average Bonchev–Trinajstić information content (AvgIpc) is 3.20. The molecule has 0 amide bonds. The van der Waals surface area contributed by atoms with Crippen LogP contribution in [-0.2, 0) is 11.2 Å². The number of hydrogen-bond donors (Lipinski definition) is 0. The van der Waals surface area contributed by atoms with E-state index in [9.17, 15) is 0 Å². The molecule has 0 bridgehead atoms. The van der Waals surface area contributed by atoms with Crippen molar-refractivity contribution >= 4 is 15.9 Å². The van der Waals surface area contributed by atoms with Crippen molar-refractivity contribution in [3.63, 3.8) is 0 Å². The molecule has 0 N–H and O–H groups in total. The fraction of sp³-hybridized carbons (Fsp3) is 0.357. The van der Waals surface area contributed by atoms with Crippen molar-refractivity contribution in [2.45, 2.75) is 37.8 Å². The van der Waals surface area contributed by atoms with E-state index in [2.05, 4.69) is 94.5 Å². The van der Waals surface area contributed by atoms with Crippen LogP contribution in [0.1, 0.15) is 42.6 Å². The minimum absolute atomic E-state index is 0.0505. The lowest BCUT2D eigenvalue weighted by atomic mass is 9.98. The molecule has 168 valence electrons. The van der Waals surface area contributed by atoms with Gasteiger partial charge in [-0.3, -0.25) is 4.90 Å². The van der Waals surface area contributed by atoms with Gasteiger partial charge in [0.25, 0.3) is 0 Å². The summed E-state index contributed by atoms with van der Waals surface area (Å²) < 4.78 is 13.0. The zero-order valence-corrected chi connectivity index (χ0v) is 20.6. The van der Waals surface area contributed by atoms with Crippen LogP contribution in [0.15, 0.2) is 83.3 Å². The summed E-state index contributed by atoms with van der Waals surface area (Å²) in [5.41, 5.74) is 3.78. The average molecular weight is 494 g/mol. The van der Waals surface area contributed by atoms with E-state index >= 15 is 0 Å². The van der Waals surface area contributed by atoms with E-state index in [4.69, 9.17) is 9.47 Å². The lowest BCUT2D eigenvalue weighted by molar-refractivity contribution is -0.00436. The van der Waals surface area contributed by atoms with E-state index in [-0.39, 0.29) is 11.6 Å². The maximum Gasteiger partial charge on any atom is 0.118 e. The van der Waals surface area contributed by atoms with Crippen LogP contribution >= 0.6 is 15.9 Å². The summed E-state index contributed by atoms with van der Waals surface area (Å²) in [6.07, 6.45) is 3.35. The first-order valence-electron chi connectivity index (χ1n) is 11.4. The molecule has 3 aromatic rings. The molecule has 3 aromatic carbocycles. The van der Waals surface area contributed by atoms with Gasteiger partial charge >= 0.3 is 0 Å². The van der Waals surface area contributed by atoms with Crippen molar-refractivity contribution in [1.82, 2.24) is 4.90 Å². The standard InChI is InChI=1S/C28H32BrNO2/c1-28(18-6-19-30(28)20-17-22-9-15-26(31-2)16-10-22)21-32-27(23-7-4-3-5-8-23)24-11-13-25(29)14-12-24/h3-5,7-16,27H,6,17-21H2,1-2H3/t27?,28-/m0/s1. The second-order valence-corrected chi connectivity index (χ2v) is 9.75. The molecule has 0 saturated carbocycles. The second-order valence-electron chi connectivity index (χ2n) is 8.84. The van der Waals surface area contributed by atoms with Gasteiger partial charge in [-0.1, -0.05) is 70.5 Å². The Morgan fingerprint density at radius 2 is 1.62 bits per heavy atom. The molecule has 0 aliphatic carbocycles. The highest BCUT2D eigenvalue weighted by atomic mass is 79.9. The summed E-state index contributed by atoms with van der Waals surface area (Å²) in [4.78, 5) is 2.61. The molecular weight excluding hydrogens is 462 g/mol. The maximum atomic E-state index is 6.68. The zero-order chi connectivity index (χ0) is 22.4. The topological polar surface area (TPSA) is 21.7 Å². The van der Waals surface area contributed by atoms with Crippen LogP contribution in [0, 0.1) is 0 Å². The van der Waals surface area contributed by atoms with Gasteiger partial charge in [0.05, 0.1) is 13.7 Å². The molecule has 1 aliphatic heterocycles. The summed E-state index contributed by atoms with van der Waals surface area (Å²) in [7, 11) is 1.71. The molecule has 1 unspecified atom stereocenters. The minimum atomic E-state index is -0.0647. The zero-order valence-electron chi connectivity index (χ0n) is 19.0. The molecule has 0 aromatic heterocycles. The van der Waals surface area contributed by atoms with Crippen molar-refractivity contribution in [2.24, 2.45) is 0 Å². The number of halogens is 1. The smallest absolute Gasteiger partial charge is 0.118 e. The van der Waals surface area contributed by atoms with E-state index in [0.29, 0.717) is 6.61 Å². The van der Waals surface area contributed by atoms with E-state index < -0.39 is 0 Å². The first-order chi connectivity index (χ1) is 15.6. The van der Waals surface area contributed by atoms with Crippen molar-refractivity contribution in [3.8, 4) is 5.75 Å². The molecule has 3 nitrogen and oxygen atoms in total. The highest BCUT2D eigenvalue weighted by Gasteiger charge is 2.37. The van der Waals surface area contributed by atoms with Crippen molar-refractivity contribution < 1.29 is 9.47 Å². The van der Waals surface area contributed by atoms with E-state index in [1.165, 1.54) is 23.1 Å². The molecule has 1 fully saturated rings. The number of benzene rings is 3. The van der Waals surface area contributed by atoms with Gasteiger partial charge < -0.3 is 9.47 Å². The molecule has 1 aliphatic rings. The van der Waals surface area contributed by atoms with Crippen LogP contribution in [0.2, 0.25) is 0 Å². The third kappa shape index (κ3) is 5.61. The van der Waals surface area contributed by atoms with Gasteiger partial charge in [0.1, 0.15) is 11.9 Å². The van der Waals surface area contributed by atoms with Crippen molar-refractivity contribution in [2.75, 3.05) is 26.8 Å². The minimum Gasteiger partial charge on any atom is -0.497 e. The Morgan fingerprint density at radius 3 is 2.31 bits per heavy atom. The third-order valence-corrected chi connectivity index (χ3v) is 7.10. The lowest BCUT2D eigenvalue weighted by Gasteiger charge is -2.36. The first kappa shape index (κ1) is 23.0. The Labute approximate surface area is 200 Å². The number of ether oxygens (including phenoxy) is 2. The molecule has 32 heavy (non-hydrogen) atoms. The maximum absolute atomic E-state index is 6.68. The van der Waals surface area contributed by atoms with Gasteiger partial charge in [0.15, 0.2) is 0 Å². The summed E-state index contributed by atoms with van der Waals surface area (Å²) in [6, 6.07) is 27.5. The molecule has 1 saturated heterocycles. The molecule has 4 heteroatoms. The van der Waals surface area contributed by atoms with Crippen LogP contribution in [0.4, 0.5) is 0 Å². The predicted octanol–water partition coefficient (Wildman–Crippen LogP) is 6.66. The Morgan fingerprint density at radius 1 is 0.938 bits per heavy atom. The fourth-order valence-electron chi connectivity index (χ4n) is 4.59. The number of methoxy groups -OCH3 is 1. The third-order valence-electron chi connectivity index (χ3n) is 6.57. The van der Waals surface area contributed by atoms with Gasteiger partial charge in [0, 0.05) is 16.6 Å². The van der Waals surface area contributed by atoms with E-state index in [1.807, 2.05) is 12.1 Å². The molecule has 1 heterocycles. The molecule has 4 rings (SSSR count). The second kappa shape index (κ2) is 10.7.